The molecule has 0 amide bonds. The zero-order chi connectivity index (χ0) is 23.3. The van der Waals surface area contributed by atoms with Crippen LogP contribution in [0.4, 0.5) is 11.4 Å². The Labute approximate surface area is 188 Å². The number of ether oxygens (including phenoxy) is 2. The van der Waals surface area contributed by atoms with Gasteiger partial charge in [0.05, 0.1) is 30.0 Å². The number of nitrogen functional groups attached to an aromatic ring is 1. The molecule has 1 heterocycles. The summed E-state index contributed by atoms with van der Waals surface area (Å²) in [6, 6.07) is 13.8. The molecule has 1 aliphatic rings. The van der Waals surface area contributed by atoms with Gasteiger partial charge in [0.1, 0.15) is 0 Å². The average Bonchev–Trinajstić information content (AvgIpc) is 2.80. The van der Waals surface area contributed by atoms with E-state index in [1.165, 1.54) is 0 Å². The number of hydrazine groups is 3. The van der Waals surface area contributed by atoms with E-state index >= 15 is 0 Å². The highest BCUT2D eigenvalue weighted by Gasteiger charge is 2.13. The molecule has 0 bridgehead atoms. The molecule has 0 spiro atoms. The molecule has 174 valence electrons. The number of anilines is 2. The normalized spacial score (nSPS) is 14.1. The van der Waals surface area contributed by atoms with E-state index in [1.54, 1.807) is 55.3 Å². The van der Waals surface area contributed by atoms with E-state index in [2.05, 4.69) is 16.0 Å². The summed E-state index contributed by atoms with van der Waals surface area (Å²) in [5, 5.41) is 3.86. The summed E-state index contributed by atoms with van der Waals surface area (Å²) in [7, 11) is 0. The van der Waals surface area contributed by atoms with Crippen LogP contribution in [0.2, 0.25) is 0 Å². The number of carbonyl (C=O) groups excluding carboxylic acids is 2. The third-order valence-electron chi connectivity index (χ3n) is 4.49. The fraction of sp³-hybridized carbons (Fsp3) is 0.364. The molecule has 0 atom stereocenters. The van der Waals surface area contributed by atoms with Gasteiger partial charge >= 0.3 is 11.9 Å². The lowest BCUT2D eigenvalue weighted by atomic mass is 10.2. The predicted octanol–water partition coefficient (Wildman–Crippen LogP) is 1.63. The highest BCUT2D eigenvalue weighted by Crippen LogP contribution is 2.10. The Morgan fingerprint density at radius 3 is 1.78 bits per heavy atom. The van der Waals surface area contributed by atoms with Gasteiger partial charge in [0.2, 0.25) is 0 Å². The monoisotopic (exact) mass is 444 g/mol. The minimum absolute atomic E-state index is 0.300. The molecule has 32 heavy (non-hydrogen) atoms. The summed E-state index contributed by atoms with van der Waals surface area (Å²) in [6.45, 7) is 7.70. The lowest BCUT2D eigenvalue weighted by Gasteiger charge is -2.32. The van der Waals surface area contributed by atoms with E-state index in [4.69, 9.17) is 21.1 Å². The third-order valence-corrected chi connectivity index (χ3v) is 4.49. The molecule has 6 N–H and O–H groups in total. The number of nitrogens with one attached hydrogen (secondary N) is 2. The van der Waals surface area contributed by atoms with Crippen LogP contribution in [0.3, 0.4) is 0 Å². The molecular formula is C22H32N6O4. The highest BCUT2D eigenvalue weighted by molar-refractivity contribution is 5.90. The molecule has 0 aromatic heterocycles. The van der Waals surface area contributed by atoms with Crippen molar-refractivity contribution in [3.63, 3.8) is 0 Å². The van der Waals surface area contributed by atoms with Gasteiger partial charge in [-0.25, -0.2) is 19.6 Å². The van der Waals surface area contributed by atoms with Crippen molar-refractivity contribution in [2.75, 3.05) is 50.6 Å². The molecule has 10 heteroatoms. The number of hydrogen-bond acceptors (Lipinski definition) is 10. The second kappa shape index (κ2) is 13.3. The number of hydrogen-bond donors (Lipinski definition) is 4. The van der Waals surface area contributed by atoms with Crippen LogP contribution in [0, 0.1) is 0 Å². The van der Waals surface area contributed by atoms with Crippen molar-refractivity contribution >= 4 is 23.3 Å². The van der Waals surface area contributed by atoms with Crippen LogP contribution in [0.5, 0.6) is 0 Å². The Balaban J connectivity index is 0.000000258. The largest absolute Gasteiger partial charge is 0.462 e. The Morgan fingerprint density at radius 2 is 1.31 bits per heavy atom. The molecule has 0 saturated carbocycles. The maximum absolute atomic E-state index is 11.5. The summed E-state index contributed by atoms with van der Waals surface area (Å²) >= 11 is 0. The van der Waals surface area contributed by atoms with Crippen molar-refractivity contribution < 1.29 is 19.1 Å². The van der Waals surface area contributed by atoms with E-state index < -0.39 is 0 Å². The van der Waals surface area contributed by atoms with Crippen LogP contribution in [0.1, 0.15) is 34.6 Å². The summed E-state index contributed by atoms with van der Waals surface area (Å²) in [4.78, 5) is 22.6. The van der Waals surface area contributed by atoms with Gasteiger partial charge in [-0.05, 0) is 62.4 Å². The van der Waals surface area contributed by atoms with Gasteiger partial charge in [-0.1, -0.05) is 0 Å². The quantitative estimate of drug-likeness (QED) is 0.216. The predicted molar refractivity (Wildman–Crippen MR) is 123 cm³/mol. The number of nitrogens with zero attached hydrogens (tertiary/aromatic N) is 2. The van der Waals surface area contributed by atoms with Gasteiger partial charge in [-0.15, -0.1) is 0 Å². The zero-order valence-corrected chi connectivity index (χ0v) is 18.5. The van der Waals surface area contributed by atoms with Crippen LogP contribution in [-0.2, 0) is 9.47 Å². The lowest BCUT2D eigenvalue weighted by Crippen LogP contribution is -2.55. The topological polar surface area (TPSA) is 135 Å². The molecule has 10 nitrogen and oxygen atoms in total. The number of benzene rings is 2. The zero-order valence-electron chi connectivity index (χ0n) is 18.5. The van der Waals surface area contributed by atoms with E-state index in [9.17, 15) is 9.59 Å². The van der Waals surface area contributed by atoms with Gasteiger partial charge in [0.15, 0.2) is 0 Å². The molecule has 3 rings (SSSR count). The summed E-state index contributed by atoms with van der Waals surface area (Å²) in [6.07, 6.45) is 0. The highest BCUT2D eigenvalue weighted by atomic mass is 16.5. The van der Waals surface area contributed by atoms with Crippen molar-refractivity contribution in [3.8, 4) is 0 Å². The molecule has 1 aliphatic heterocycles. The van der Waals surface area contributed by atoms with Gasteiger partial charge in [0, 0.05) is 31.9 Å². The number of piperazine rings is 1. The Morgan fingerprint density at radius 1 is 0.844 bits per heavy atom. The fourth-order valence-electron chi connectivity index (χ4n) is 2.72. The Hall–Kier alpha value is -3.18. The van der Waals surface area contributed by atoms with Gasteiger partial charge in [-0.3, -0.25) is 5.84 Å². The van der Waals surface area contributed by atoms with Crippen LogP contribution in [0.25, 0.3) is 0 Å². The number of rotatable bonds is 7. The van der Waals surface area contributed by atoms with Crippen LogP contribution in [-0.4, -0.2) is 61.3 Å². The molecular weight excluding hydrogens is 412 g/mol. The summed E-state index contributed by atoms with van der Waals surface area (Å²) in [5.74, 6) is 5.08. The third kappa shape index (κ3) is 8.52. The summed E-state index contributed by atoms with van der Waals surface area (Å²) in [5.41, 5.74) is 14.3. The van der Waals surface area contributed by atoms with E-state index in [-0.39, 0.29) is 11.9 Å². The van der Waals surface area contributed by atoms with Crippen LogP contribution < -0.4 is 22.5 Å². The summed E-state index contributed by atoms with van der Waals surface area (Å²) < 4.78 is 9.72. The van der Waals surface area contributed by atoms with E-state index in [0.717, 1.165) is 31.9 Å². The SMILES string of the molecule is CCOC(=O)c1ccc(N)cc1.CCOC(=O)c1ccc(NNN2CCN(N)CC2)cc1. The van der Waals surface area contributed by atoms with Gasteiger partial charge in [0.25, 0.3) is 0 Å². The second-order valence-corrected chi connectivity index (χ2v) is 6.90. The molecule has 1 fully saturated rings. The maximum atomic E-state index is 11.5. The van der Waals surface area contributed by atoms with Crippen LogP contribution in [0.15, 0.2) is 48.5 Å². The van der Waals surface area contributed by atoms with Crippen molar-refractivity contribution in [3.05, 3.63) is 59.7 Å². The Kier molecular flexibility index (Phi) is 10.4. The van der Waals surface area contributed by atoms with Gasteiger partial charge in [-0.2, -0.15) is 5.53 Å². The minimum Gasteiger partial charge on any atom is -0.462 e. The first-order chi connectivity index (χ1) is 15.4. The van der Waals surface area contributed by atoms with Crippen molar-refractivity contribution in [2.45, 2.75) is 13.8 Å². The van der Waals surface area contributed by atoms with E-state index in [0.29, 0.717) is 30.0 Å². The first-order valence-corrected chi connectivity index (χ1v) is 10.5. The number of carbonyl (C=O) groups is 2. The molecule has 0 unspecified atom stereocenters. The minimum atomic E-state index is -0.308. The molecule has 2 aromatic rings. The smallest absolute Gasteiger partial charge is 0.338 e. The van der Waals surface area contributed by atoms with Crippen molar-refractivity contribution in [2.24, 2.45) is 5.84 Å². The van der Waals surface area contributed by atoms with E-state index in [1.807, 2.05) is 12.1 Å². The number of esters is 2. The fourth-order valence-corrected chi connectivity index (χ4v) is 2.72. The standard InChI is InChI=1S/C13H21N5O2.C9H11NO2/c1-2-20-13(19)11-3-5-12(6-4-11)15-16-18-9-7-17(14)8-10-18;1-2-12-9(11)7-3-5-8(10)6-4-7/h3-6,15-16H,2,7-10,14H2,1H3;3-6H,2,10H2,1H3. The number of nitrogens with two attached hydrogens (primary N) is 2. The maximum Gasteiger partial charge on any atom is 0.338 e. The van der Waals surface area contributed by atoms with Crippen molar-refractivity contribution in [1.82, 2.24) is 15.6 Å². The molecule has 1 saturated heterocycles. The molecule has 0 radical (unpaired) electrons. The average molecular weight is 445 g/mol. The van der Waals surface area contributed by atoms with Gasteiger partial charge < -0.3 is 20.6 Å². The lowest BCUT2D eigenvalue weighted by molar-refractivity contribution is 0.0517. The molecule has 0 aliphatic carbocycles. The second-order valence-electron chi connectivity index (χ2n) is 6.90. The Bertz CT molecular complexity index is 837. The van der Waals surface area contributed by atoms with Crippen LogP contribution >= 0.6 is 0 Å². The first-order valence-electron chi connectivity index (χ1n) is 10.5. The molecule has 2 aromatic carbocycles. The first kappa shape index (κ1) is 25.1. The van der Waals surface area contributed by atoms with Crippen molar-refractivity contribution in [1.29, 1.82) is 0 Å².